The summed E-state index contributed by atoms with van der Waals surface area (Å²) in [5.74, 6) is -1.43. The first-order valence-electron chi connectivity index (χ1n) is 8.05. The van der Waals surface area contributed by atoms with Crippen molar-refractivity contribution in [3.63, 3.8) is 0 Å². The van der Waals surface area contributed by atoms with Gasteiger partial charge in [0.25, 0.3) is 11.8 Å². The first-order valence-corrected chi connectivity index (χ1v) is 9.63. The fourth-order valence-electron chi connectivity index (χ4n) is 2.29. The number of thiocarbonyl (C=S) groups is 1. The summed E-state index contributed by atoms with van der Waals surface area (Å²) in [6.07, 6.45) is 2.89. The Bertz CT molecular complexity index is 864. The van der Waals surface area contributed by atoms with Gasteiger partial charge in [-0.05, 0) is 58.8 Å². The zero-order chi connectivity index (χ0) is 20.8. The Morgan fingerprint density at radius 2 is 2.14 bits per heavy atom. The Balaban J connectivity index is 2.29. The van der Waals surface area contributed by atoms with Crippen LogP contribution >= 0.6 is 39.7 Å². The molecule has 1 saturated heterocycles. The smallest absolute Gasteiger partial charge is 0.344 e. The van der Waals surface area contributed by atoms with Crippen LogP contribution in [0.1, 0.15) is 12.5 Å². The van der Waals surface area contributed by atoms with E-state index in [4.69, 9.17) is 33.3 Å². The summed E-state index contributed by atoms with van der Waals surface area (Å²) in [4.78, 5) is 37.4. The van der Waals surface area contributed by atoms with E-state index in [2.05, 4.69) is 27.8 Å². The molecule has 0 aliphatic carbocycles. The zero-order valence-electron chi connectivity index (χ0n) is 14.8. The number of amides is 2. The van der Waals surface area contributed by atoms with E-state index in [-0.39, 0.29) is 41.2 Å². The minimum Gasteiger partial charge on any atom is -0.479 e. The third-order valence-corrected chi connectivity index (χ3v) is 4.66. The van der Waals surface area contributed by atoms with Crippen molar-refractivity contribution in [1.82, 2.24) is 10.2 Å². The van der Waals surface area contributed by atoms with Gasteiger partial charge in [0.1, 0.15) is 5.57 Å². The minimum atomic E-state index is -0.606. The number of benzene rings is 1. The van der Waals surface area contributed by atoms with Crippen LogP contribution in [0.5, 0.6) is 5.75 Å². The first kappa shape index (κ1) is 22.1. The van der Waals surface area contributed by atoms with Crippen LogP contribution in [0.2, 0.25) is 5.02 Å². The van der Waals surface area contributed by atoms with Crippen LogP contribution in [0.4, 0.5) is 0 Å². The Hall–Kier alpha value is -2.23. The predicted octanol–water partition coefficient (Wildman–Crippen LogP) is 2.86. The van der Waals surface area contributed by atoms with Gasteiger partial charge in [-0.25, -0.2) is 4.79 Å². The van der Waals surface area contributed by atoms with Crippen LogP contribution in [0.25, 0.3) is 6.08 Å². The van der Waals surface area contributed by atoms with Gasteiger partial charge >= 0.3 is 5.97 Å². The maximum Gasteiger partial charge on any atom is 0.344 e. The summed E-state index contributed by atoms with van der Waals surface area (Å²) in [6, 6.07) is 3.11. The molecule has 2 rings (SSSR count). The number of rotatable bonds is 7. The van der Waals surface area contributed by atoms with E-state index < -0.39 is 17.8 Å². The molecule has 0 aromatic heterocycles. The van der Waals surface area contributed by atoms with Gasteiger partial charge in [0.05, 0.1) is 16.1 Å². The molecule has 1 aromatic carbocycles. The maximum atomic E-state index is 12.6. The van der Waals surface area contributed by atoms with Crippen molar-refractivity contribution in [2.24, 2.45) is 0 Å². The van der Waals surface area contributed by atoms with Gasteiger partial charge in [0.2, 0.25) is 0 Å². The molecule has 1 fully saturated rings. The van der Waals surface area contributed by atoms with Crippen molar-refractivity contribution >= 4 is 68.7 Å². The second-order valence-corrected chi connectivity index (χ2v) is 7.08. The molecular formula is C18H16BrClN2O5S. The minimum absolute atomic E-state index is 0.0222. The van der Waals surface area contributed by atoms with Crippen molar-refractivity contribution in [3.8, 4) is 5.75 Å². The lowest BCUT2D eigenvalue weighted by Gasteiger charge is -2.27. The van der Waals surface area contributed by atoms with Crippen molar-refractivity contribution in [2.75, 3.05) is 19.8 Å². The Morgan fingerprint density at radius 3 is 2.75 bits per heavy atom. The van der Waals surface area contributed by atoms with E-state index in [0.717, 1.165) is 0 Å². The third kappa shape index (κ3) is 5.18. The normalized spacial score (nSPS) is 15.5. The monoisotopic (exact) mass is 486 g/mol. The molecule has 1 aliphatic heterocycles. The first-order chi connectivity index (χ1) is 13.3. The van der Waals surface area contributed by atoms with E-state index in [1.807, 2.05) is 0 Å². The van der Waals surface area contributed by atoms with Gasteiger partial charge in [-0.1, -0.05) is 17.7 Å². The molecular weight excluding hydrogens is 472 g/mol. The summed E-state index contributed by atoms with van der Waals surface area (Å²) < 4.78 is 10.6. The summed E-state index contributed by atoms with van der Waals surface area (Å²) >= 11 is 14.5. The number of halogens is 2. The van der Waals surface area contributed by atoms with Gasteiger partial charge in [-0.3, -0.25) is 19.8 Å². The average molecular weight is 488 g/mol. The SMILES string of the molecule is C=CCN1C(=O)/C(=C/c2cc(Cl)c(OCC(=O)OCC)c(Br)c2)C(=O)NC1=S. The van der Waals surface area contributed by atoms with Crippen LogP contribution in [0.15, 0.2) is 34.8 Å². The molecule has 10 heteroatoms. The van der Waals surface area contributed by atoms with Crippen LogP contribution in [0.3, 0.4) is 0 Å². The quantitative estimate of drug-likeness (QED) is 0.209. The van der Waals surface area contributed by atoms with Gasteiger partial charge in [-0.15, -0.1) is 6.58 Å². The number of hydrogen-bond acceptors (Lipinski definition) is 6. The second-order valence-electron chi connectivity index (χ2n) is 5.43. The molecule has 148 valence electrons. The maximum absolute atomic E-state index is 12.6. The number of carbonyl (C=O) groups is 3. The fourth-order valence-corrected chi connectivity index (χ4v) is 3.53. The lowest BCUT2D eigenvalue weighted by molar-refractivity contribution is -0.145. The molecule has 0 atom stereocenters. The molecule has 0 saturated carbocycles. The summed E-state index contributed by atoms with van der Waals surface area (Å²) in [6.45, 7) is 5.36. The van der Waals surface area contributed by atoms with Gasteiger partial charge in [0, 0.05) is 6.54 Å². The second kappa shape index (κ2) is 9.81. The average Bonchev–Trinajstić information content (AvgIpc) is 2.61. The van der Waals surface area contributed by atoms with Gasteiger partial charge < -0.3 is 9.47 Å². The highest BCUT2D eigenvalue weighted by atomic mass is 79.9. The molecule has 1 aliphatic rings. The molecule has 0 bridgehead atoms. The number of ether oxygens (including phenoxy) is 2. The highest BCUT2D eigenvalue weighted by Crippen LogP contribution is 2.35. The molecule has 7 nitrogen and oxygen atoms in total. The van der Waals surface area contributed by atoms with E-state index >= 15 is 0 Å². The van der Waals surface area contributed by atoms with Gasteiger partial charge in [0.15, 0.2) is 17.5 Å². The molecule has 1 aromatic rings. The molecule has 28 heavy (non-hydrogen) atoms. The number of nitrogens with zero attached hydrogens (tertiary/aromatic N) is 1. The lowest BCUT2D eigenvalue weighted by atomic mass is 10.1. The Labute approximate surface area is 180 Å². The van der Waals surface area contributed by atoms with E-state index in [0.29, 0.717) is 10.0 Å². The van der Waals surface area contributed by atoms with E-state index in [1.54, 1.807) is 13.0 Å². The predicted molar refractivity (Wildman–Crippen MR) is 112 cm³/mol. The molecule has 2 amide bonds. The third-order valence-electron chi connectivity index (χ3n) is 3.47. The van der Waals surface area contributed by atoms with E-state index in [1.165, 1.54) is 23.1 Å². The molecule has 0 spiro atoms. The van der Waals surface area contributed by atoms with Crippen molar-refractivity contribution in [1.29, 1.82) is 0 Å². The van der Waals surface area contributed by atoms with Crippen molar-refractivity contribution in [3.05, 3.63) is 45.4 Å². The highest BCUT2D eigenvalue weighted by Gasteiger charge is 2.32. The Morgan fingerprint density at radius 1 is 1.43 bits per heavy atom. The number of hydrogen-bond donors (Lipinski definition) is 1. The molecule has 1 heterocycles. The Kier molecular flexibility index (Phi) is 7.73. The summed E-state index contributed by atoms with van der Waals surface area (Å²) in [7, 11) is 0. The number of esters is 1. The summed E-state index contributed by atoms with van der Waals surface area (Å²) in [5, 5.41) is 2.67. The number of nitrogens with one attached hydrogen (secondary N) is 1. The molecule has 0 unspecified atom stereocenters. The highest BCUT2D eigenvalue weighted by molar-refractivity contribution is 9.10. The molecule has 1 N–H and O–H groups in total. The molecule has 0 radical (unpaired) electrons. The standard InChI is InChI=1S/C18H16BrClN2O5S/c1-3-5-22-17(25)11(16(24)21-18(22)28)6-10-7-12(19)15(13(20)8-10)27-9-14(23)26-4-2/h3,6-8H,1,4-5,9H2,2H3,(H,21,24,28)/b11-6+. The van der Waals surface area contributed by atoms with Gasteiger partial charge in [-0.2, -0.15) is 0 Å². The van der Waals surface area contributed by atoms with Crippen molar-refractivity contribution in [2.45, 2.75) is 6.92 Å². The summed E-state index contributed by atoms with van der Waals surface area (Å²) in [5.41, 5.74) is 0.379. The topological polar surface area (TPSA) is 84.9 Å². The van der Waals surface area contributed by atoms with Crippen LogP contribution in [-0.4, -0.2) is 47.6 Å². The number of carbonyl (C=O) groups excluding carboxylic acids is 3. The largest absolute Gasteiger partial charge is 0.479 e. The van der Waals surface area contributed by atoms with Crippen molar-refractivity contribution < 1.29 is 23.9 Å². The fraction of sp³-hybridized carbons (Fsp3) is 0.222. The van der Waals surface area contributed by atoms with Crippen LogP contribution in [-0.2, 0) is 19.1 Å². The zero-order valence-corrected chi connectivity index (χ0v) is 17.9. The van der Waals surface area contributed by atoms with Crippen LogP contribution < -0.4 is 10.1 Å². The van der Waals surface area contributed by atoms with Crippen LogP contribution in [0, 0.1) is 0 Å². The lowest BCUT2D eigenvalue weighted by Crippen LogP contribution is -2.53. The van der Waals surface area contributed by atoms with E-state index in [9.17, 15) is 14.4 Å².